The minimum Gasteiger partial charge on any atom is -0.507 e. The van der Waals surface area contributed by atoms with Crippen LogP contribution in [0.15, 0.2) is 18.3 Å². The Morgan fingerprint density at radius 2 is 2.00 bits per heavy atom. The van der Waals surface area contributed by atoms with Crippen molar-refractivity contribution in [1.29, 1.82) is 0 Å². The maximum absolute atomic E-state index is 10.9. The van der Waals surface area contributed by atoms with E-state index in [0.29, 0.717) is 12.0 Å². The molecule has 7 nitrogen and oxygen atoms in total. The average molecular weight is 288 g/mol. The van der Waals surface area contributed by atoms with Crippen LogP contribution >= 0.6 is 0 Å². The Morgan fingerprint density at radius 3 is 2.57 bits per heavy atom. The summed E-state index contributed by atoms with van der Waals surface area (Å²) in [6.45, 7) is 3.87. The molecule has 0 saturated carbocycles. The number of hydrogen-bond donors (Lipinski definition) is 3. The van der Waals surface area contributed by atoms with Crippen molar-refractivity contribution < 1.29 is 14.6 Å². The summed E-state index contributed by atoms with van der Waals surface area (Å²) in [5, 5.41) is 9.77. The van der Waals surface area contributed by atoms with Crippen LogP contribution in [0, 0.1) is 0 Å². The number of nitrogens with zero attached hydrogens (tertiary/aromatic N) is 2. The van der Waals surface area contributed by atoms with Crippen LogP contribution in [0.3, 0.4) is 0 Å². The lowest BCUT2D eigenvalue weighted by molar-refractivity contribution is 0.112. The zero-order valence-electron chi connectivity index (χ0n) is 11.7. The number of phenols is 1. The van der Waals surface area contributed by atoms with Gasteiger partial charge in [0.15, 0.2) is 17.9 Å². The van der Waals surface area contributed by atoms with E-state index in [4.69, 9.17) is 16.2 Å². The minimum absolute atomic E-state index is 0.0446. The number of hydrogen-bond acceptors (Lipinski definition) is 7. The average Bonchev–Trinajstić information content (AvgIpc) is 2.42. The number of ether oxygens (including phenoxy) is 1. The molecule has 0 aliphatic heterocycles. The van der Waals surface area contributed by atoms with Crippen LogP contribution in [-0.2, 0) is 0 Å². The van der Waals surface area contributed by atoms with Crippen LogP contribution in [0.1, 0.15) is 35.7 Å². The second-order valence-electron chi connectivity index (χ2n) is 4.80. The van der Waals surface area contributed by atoms with Crippen molar-refractivity contribution in [2.75, 3.05) is 11.5 Å². The first-order valence-corrected chi connectivity index (χ1v) is 6.30. The lowest BCUT2D eigenvalue weighted by atomic mass is 9.99. The van der Waals surface area contributed by atoms with Gasteiger partial charge in [-0.25, -0.2) is 4.98 Å². The van der Waals surface area contributed by atoms with E-state index in [1.165, 1.54) is 18.3 Å². The molecule has 0 aliphatic carbocycles. The normalized spacial score (nSPS) is 10.6. The van der Waals surface area contributed by atoms with Crippen molar-refractivity contribution in [3.05, 3.63) is 29.5 Å². The van der Waals surface area contributed by atoms with Crippen molar-refractivity contribution >= 4 is 18.1 Å². The number of aromatic nitrogens is 2. The maximum Gasteiger partial charge on any atom is 0.222 e. The molecule has 2 aromatic rings. The van der Waals surface area contributed by atoms with Gasteiger partial charge in [0.25, 0.3) is 0 Å². The molecule has 0 radical (unpaired) electrons. The SMILES string of the molecule is CC(C)c1cc(O)c(C=O)cc1Oc1cnc(N)nc1N. The third-order valence-corrected chi connectivity index (χ3v) is 2.93. The summed E-state index contributed by atoms with van der Waals surface area (Å²) in [5.41, 5.74) is 12.0. The van der Waals surface area contributed by atoms with Crippen molar-refractivity contribution in [2.45, 2.75) is 19.8 Å². The first-order chi connectivity index (χ1) is 9.92. The second-order valence-corrected chi connectivity index (χ2v) is 4.80. The van der Waals surface area contributed by atoms with Gasteiger partial charge in [0.2, 0.25) is 5.95 Å². The first kappa shape index (κ1) is 14.6. The number of nitrogen functional groups attached to an aromatic ring is 2. The van der Waals surface area contributed by atoms with Gasteiger partial charge < -0.3 is 21.3 Å². The summed E-state index contributed by atoms with van der Waals surface area (Å²) in [6.07, 6.45) is 1.91. The van der Waals surface area contributed by atoms with Gasteiger partial charge in [0.05, 0.1) is 11.8 Å². The molecule has 2 rings (SSSR count). The highest BCUT2D eigenvalue weighted by atomic mass is 16.5. The fraction of sp³-hybridized carbons (Fsp3) is 0.214. The van der Waals surface area contributed by atoms with E-state index in [1.54, 1.807) is 0 Å². The van der Waals surface area contributed by atoms with Gasteiger partial charge in [0, 0.05) is 5.56 Å². The molecule has 1 heterocycles. The Balaban J connectivity index is 2.49. The van der Waals surface area contributed by atoms with Gasteiger partial charge in [0.1, 0.15) is 11.5 Å². The molecule has 110 valence electrons. The van der Waals surface area contributed by atoms with E-state index in [9.17, 15) is 9.90 Å². The molecule has 0 spiro atoms. The van der Waals surface area contributed by atoms with Gasteiger partial charge in [-0.2, -0.15) is 4.98 Å². The van der Waals surface area contributed by atoms with Crippen molar-refractivity contribution in [2.24, 2.45) is 0 Å². The third-order valence-electron chi connectivity index (χ3n) is 2.93. The predicted molar refractivity (Wildman–Crippen MR) is 78.5 cm³/mol. The van der Waals surface area contributed by atoms with Crippen molar-refractivity contribution in [1.82, 2.24) is 9.97 Å². The van der Waals surface area contributed by atoms with Crippen LogP contribution in [0.5, 0.6) is 17.2 Å². The summed E-state index contributed by atoms with van der Waals surface area (Å²) >= 11 is 0. The molecule has 0 atom stereocenters. The first-order valence-electron chi connectivity index (χ1n) is 6.30. The van der Waals surface area contributed by atoms with Crippen LogP contribution in [0.2, 0.25) is 0 Å². The molecule has 0 fully saturated rings. The fourth-order valence-electron chi connectivity index (χ4n) is 1.83. The number of benzene rings is 1. The van der Waals surface area contributed by atoms with Crippen LogP contribution in [0.4, 0.5) is 11.8 Å². The fourth-order valence-corrected chi connectivity index (χ4v) is 1.83. The van der Waals surface area contributed by atoms with Crippen LogP contribution < -0.4 is 16.2 Å². The molecule has 1 aromatic carbocycles. The Hall–Kier alpha value is -2.83. The van der Waals surface area contributed by atoms with Gasteiger partial charge in [-0.05, 0) is 18.1 Å². The summed E-state index contributed by atoms with van der Waals surface area (Å²) in [5.74, 6) is 0.755. The maximum atomic E-state index is 10.9. The molecular weight excluding hydrogens is 272 g/mol. The summed E-state index contributed by atoms with van der Waals surface area (Å²) < 4.78 is 5.68. The molecule has 0 amide bonds. The van der Waals surface area contributed by atoms with Gasteiger partial charge >= 0.3 is 0 Å². The lowest BCUT2D eigenvalue weighted by Crippen LogP contribution is -2.03. The summed E-state index contributed by atoms with van der Waals surface area (Å²) in [6, 6.07) is 2.95. The quantitative estimate of drug-likeness (QED) is 0.735. The zero-order valence-corrected chi connectivity index (χ0v) is 11.7. The van der Waals surface area contributed by atoms with Crippen LogP contribution in [-0.4, -0.2) is 21.4 Å². The standard InChI is InChI=1S/C14H16N4O3/c1-7(2)9-4-10(20)8(6-19)3-11(9)21-12-5-17-14(16)18-13(12)15/h3-7,20H,1-2H3,(H4,15,16,17,18). The number of carbonyl (C=O) groups is 1. The molecule has 1 aromatic heterocycles. The van der Waals surface area contributed by atoms with E-state index in [0.717, 1.165) is 5.56 Å². The van der Waals surface area contributed by atoms with E-state index in [2.05, 4.69) is 9.97 Å². The van der Waals surface area contributed by atoms with Gasteiger partial charge in [-0.1, -0.05) is 13.8 Å². The molecule has 0 unspecified atom stereocenters. The number of phenolic OH excluding ortho intramolecular Hbond substituents is 1. The Bertz CT molecular complexity index is 686. The monoisotopic (exact) mass is 288 g/mol. The lowest BCUT2D eigenvalue weighted by Gasteiger charge is -2.15. The van der Waals surface area contributed by atoms with Gasteiger partial charge in [-0.3, -0.25) is 4.79 Å². The van der Waals surface area contributed by atoms with Crippen molar-refractivity contribution in [3.8, 4) is 17.2 Å². The predicted octanol–water partition coefficient (Wildman–Crippen LogP) is 2.07. The number of carbonyl (C=O) groups excluding carboxylic acids is 1. The van der Waals surface area contributed by atoms with Crippen LogP contribution in [0.25, 0.3) is 0 Å². The Kier molecular flexibility index (Phi) is 3.93. The van der Waals surface area contributed by atoms with E-state index in [-0.39, 0.29) is 34.7 Å². The molecule has 21 heavy (non-hydrogen) atoms. The molecule has 0 bridgehead atoms. The number of rotatable bonds is 4. The van der Waals surface area contributed by atoms with E-state index < -0.39 is 0 Å². The topological polar surface area (TPSA) is 124 Å². The molecule has 7 heteroatoms. The molecule has 5 N–H and O–H groups in total. The smallest absolute Gasteiger partial charge is 0.222 e. The highest BCUT2D eigenvalue weighted by Gasteiger charge is 2.15. The highest BCUT2D eigenvalue weighted by molar-refractivity contribution is 5.80. The number of nitrogens with two attached hydrogens (primary N) is 2. The minimum atomic E-state index is -0.0948. The number of aldehydes is 1. The van der Waals surface area contributed by atoms with E-state index >= 15 is 0 Å². The molecule has 0 aliphatic rings. The Morgan fingerprint density at radius 1 is 1.29 bits per heavy atom. The number of anilines is 2. The van der Waals surface area contributed by atoms with E-state index in [1.807, 2.05) is 13.8 Å². The highest BCUT2D eigenvalue weighted by Crippen LogP contribution is 2.36. The number of aromatic hydroxyl groups is 1. The summed E-state index contributed by atoms with van der Waals surface area (Å²) in [4.78, 5) is 18.6. The van der Waals surface area contributed by atoms with Gasteiger partial charge in [-0.15, -0.1) is 0 Å². The third kappa shape index (κ3) is 3.02. The Labute approximate surface area is 121 Å². The second kappa shape index (κ2) is 5.66. The molecule has 0 saturated heterocycles. The zero-order chi connectivity index (χ0) is 15.6. The molecular formula is C14H16N4O3. The largest absolute Gasteiger partial charge is 0.507 e. The van der Waals surface area contributed by atoms with Crippen molar-refractivity contribution in [3.63, 3.8) is 0 Å². The summed E-state index contributed by atoms with van der Waals surface area (Å²) in [7, 11) is 0.